The Bertz CT molecular complexity index is 466. The first-order valence-electron chi connectivity index (χ1n) is 5.35. The standard InChI is InChI=1S/C11H13FN2O5/c1-18-4-5-19-7-11(15)13-8-2-3-10(14(16)17)9(12)6-8/h2-3,6H,4-5,7H2,1H3,(H,13,15). The third kappa shape index (κ3) is 4.98. The van der Waals surface area contributed by atoms with Gasteiger partial charge in [-0.2, -0.15) is 4.39 Å². The number of nitro groups is 1. The Labute approximate surface area is 108 Å². The molecule has 0 heterocycles. The smallest absolute Gasteiger partial charge is 0.304 e. The zero-order valence-corrected chi connectivity index (χ0v) is 10.2. The van der Waals surface area contributed by atoms with Gasteiger partial charge in [-0.05, 0) is 6.07 Å². The van der Waals surface area contributed by atoms with Crippen LogP contribution in [0.1, 0.15) is 0 Å². The van der Waals surface area contributed by atoms with Crippen LogP contribution >= 0.6 is 0 Å². The Morgan fingerprint density at radius 3 is 2.79 bits per heavy atom. The van der Waals surface area contributed by atoms with Crippen molar-refractivity contribution < 1.29 is 23.6 Å². The molecule has 0 unspecified atom stereocenters. The molecule has 0 aliphatic rings. The van der Waals surface area contributed by atoms with Gasteiger partial charge in [0, 0.05) is 24.9 Å². The summed E-state index contributed by atoms with van der Waals surface area (Å²) in [5, 5.41) is 12.8. The molecule has 0 saturated carbocycles. The van der Waals surface area contributed by atoms with Crippen LogP contribution in [0.5, 0.6) is 0 Å². The van der Waals surface area contributed by atoms with Crippen LogP contribution in [0.3, 0.4) is 0 Å². The van der Waals surface area contributed by atoms with E-state index in [9.17, 15) is 19.3 Å². The van der Waals surface area contributed by atoms with Crippen molar-refractivity contribution in [1.29, 1.82) is 0 Å². The van der Waals surface area contributed by atoms with Crippen LogP contribution in [0.4, 0.5) is 15.8 Å². The van der Waals surface area contributed by atoms with Gasteiger partial charge in [0.15, 0.2) is 0 Å². The van der Waals surface area contributed by atoms with Gasteiger partial charge in [-0.25, -0.2) is 0 Å². The lowest BCUT2D eigenvalue weighted by molar-refractivity contribution is -0.387. The fourth-order valence-electron chi connectivity index (χ4n) is 1.24. The normalized spacial score (nSPS) is 10.2. The van der Waals surface area contributed by atoms with Gasteiger partial charge < -0.3 is 14.8 Å². The van der Waals surface area contributed by atoms with Crippen LogP contribution < -0.4 is 5.32 Å². The minimum atomic E-state index is -1.01. The average molecular weight is 272 g/mol. The number of halogens is 1. The van der Waals surface area contributed by atoms with Gasteiger partial charge >= 0.3 is 5.69 Å². The number of nitro benzene ring substituents is 1. The fourth-order valence-corrected chi connectivity index (χ4v) is 1.24. The molecule has 0 saturated heterocycles. The molecule has 1 N–H and O–H groups in total. The summed E-state index contributed by atoms with van der Waals surface area (Å²) in [7, 11) is 1.50. The Morgan fingerprint density at radius 2 is 2.21 bits per heavy atom. The summed E-state index contributed by atoms with van der Waals surface area (Å²) < 4.78 is 22.9. The number of hydrogen-bond donors (Lipinski definition) is 1. The molecule has 104 valence electrons. The van der Waals surface area contributed by atoms with Crippen LogP contribution in [0.2, 0.25) is 0 Å². The molecule has 0 aromatic heterocycles. The van der Waals surface area contributed by atoms with Crippen LogP contribution in [0.25, 0.3) is 0 Å². The summed E-state index contributed by atoms with van der Waals surface area (Å²) >= 11 is 0. The first kappa shape index (κ1) is 15.0. The fraction of sp³-hybridized carbons (Fsp3) is 0.364. The summed E-state index contributed by atoms with van der Waals surface area (Å²) in [4.78, 5) is 20.9. The molecule has 1 aromatic rings. The van der Waals surface area contributed by atoms with Crippen molar-refractivity contribution in [3.05, 3.63) is 34.1 Å². The number of benzene rings is 1. The number of carbonyl (C=O) groups is 1. The number of ether oxygens (including phenoxy) is 2. The number of methoxy groups -OCH3 is 1. The van der Waals surface area contributed by atoms with Crippen molar-refractivity contribution in [2.75, 3.05) is 32.2 Å². The Morgan fingerprint density at radius 1 is 1.47 bits per heavy atom. The van der Waals surface area contributed by atoms with Crippen molar-refractivity contribution in [2.45, 2.75) is 0 Å². The third-order valence-corrected chi connectivity index (χ3v) is 2.09. The Kier molecular flexibility index (Phi) is 5.83. The quantitative estimate of drug-likeness (QED) is 0.459. The topological polar surface area (TPSA) is 90.7 Å². The van der Waals surface area contributed by atoms with Gasteiger partial charge in [-0.3, -0.25) is 14.9 Å². The molecule has 0 atom stereocenters. The van der Waals surface area contributed by atoms with E-state index >= 15 is 0 Å². The number of nitrogens with zero attached hydrogens (tertiary/aromatic N) is 1. The molecule has 0 bridgehead atoms. The number of hydrogen-bond acceptors (Lipinski definition) is 5. The second kappa shape index (κ2) is 7.39. The maximum Gasteiger partial charge on any atom is 0.304 e. The monoisotopic (exact) mass is 272 g/mol. The van der Waals surface area contributed by atoms with E-state index in [4.69, 9.17) is 9.47 Å². The maximum atomic E-state index is 13.3. The Hall–Kier alpha value is -2.06. The predicted octanol–water partition coefficient (Wildman–Crippen LogP) is 1.34. The van der Waals surface area contributed by atoms with Crippen LogP contribution in [-0.4, -0.2) is 37.8 Å². The Balaban J connectivity index is 2.51. The molecule has 19 heavy (non-hydrogen) atoms. The van der Waals surface area contributed by atoms with E-state index in [1.54, 1.807) is 0 Å². The lowest BCUT2D eigenvalue weighted by Gasteiger charge is -2.06. The molecule has 7 nitrogen and oxygen atoms in total. The summed E-state index contributed by atoms with van der Waals surface area (Å²) in [6, 6.07) is 3.11. The molecule has 8 heteroatoms. The zero-order chi connectivity index (χ0) is 14.3. The number of nitrogens with one attached hydrogen (secondary N) is 1. The molecule has 0 spiro atoms. The van der Waals surface area contributed by atoms with Crippen molar-refractivity contribution in [1.82, 2.24) is 0 Å². The van der Waals surface area contributed by atoms with Crippen LogP contribution in [-0.2, 0) is 14.3 Å². The number of rotatable bonds is 7. The van der Waals surface area contributed by atoms with Gasteiger partial charge in [0.25, 0.3) is 0 Å². The molecule has 1 amide bonds. The van der Waals surface area contributed by atoms with Gasteiger partial charge in [-0.1, -0.05) is 0 Å². The predicted molar refractivity (Wildman–Crippen MR) is 64.4 cm³/mol. The van der Waals surface area contributed by atoms with Crippen molar-refractivity contribution in [2.24, 2.45) is 0 Å². The highest BCUT2D eigenvalue weighted by Gasteiger charge is 2.14. The summed E-state index contributed by atoms with van der Waals surface area (Å²) in [5.41, 5.74) is -0.516. The minimum absolute atomic E-state index is 0.128. The van der Waals surface area contributed by atoms with Gasteiger partial charge in [-0.15, -0.1) is 0 Å². The molecule has 1 aromatic carbocycles. The molecule has 1 rings (SSSR count). The third-order valence-electron chi connectivity index (χ3n) is 2.09. The summed E-state index contributed by atoms with van der Waals surface area (Å²) in [5.74, 6) is -1.49. The molecule has 0 aliphatic heterocycles. The van der Waals surface area contributed by atoms with E-state index < -0.39 is 22.3 Å². The number of amides is 1. The van der Waals surface area contributed by atoms with Crippen LogP contribution in [0, 0.1) is 15.9 Å². The molecular formula is C11H13FN2O5. The highest BCUT2D eigenvalue weighted by atomic mass is 19.1. The van der Waals surface area contributed by atoms with E-state index in [1.165, 1.54) is 13.2 Å². The lowest BCUT2D eigenvalue weighted by atomic mass is 10.2. The van der Waals surface area contributed by atoms with Crippen molar-refractivity contribution in [3.8, 4) is 0 Å². The average Bonchev–Trinajstić information content (AvgIpc) is 2.34. The maximum absolute atomic E-state index is 13.3. The second-order valence-corrected chi connectivity index (χ2v) is 3.52. The largest absolute Gasteiger partial charge is 0.382 e. The first-order chi connectivity index (χ1) is 9.04. The van der Waals surface area contributed by atoms with Crippen molar-refractivity contribution in [3.63, 3.8) is 0 Å². The van der Waals surface area contributed by atoms with Gasteiger partial charge in [0.2, 0.25) is 11.7 Å². The van der Waals surface area contributed by atoms with Crippen molar-refractivity contribution >= 4 is 17.3 Å². The zero-order valence-electron chi connectivity index (χ0n) is 10.2. The van der Waals surface area contributed by atoms with E-state index in [-0.39, 0.29) is 18.9 Å². The second-order valence-electron chi connectivity index (χ2n) is 3.52. The van der Waals surface area contributed by atoms with E-state index in [0.29, 0.717) is 6.61 Å². The SMILES string of the molecule is COCCOCC(=O)Nc1ccc([N+](=O)[O-])c(F)c1. The minimum Gasteiger partial charge on any atom is -0.382 e. The summed E-state index contributed by atoms with van der Waals surface area (Å²) in [6.07, 6.45) is 0. The van der Waals surface area contributed by atoms with E-state index in [2.05, 4.69) is 5.32 Å². The van der Waals surface area contributed by atoms with Gasteiger partial charge in [0.1, 0.15) is 6.61 Å². The van der Waals surface area contributed by atoms with E-state index in [1.807, 2.05) is 0 Å². The molecule has 0 fully saturated rings. The first-order valence-corrected chi connectivity index (χ1v) is 5.35. The molecular weight excluding hydrogens is 259 g/mol. The van der Waals surface area contributed by atoms with Crippen LogP contribution in [0.15, 0.2) is 18.2 Å². The van der Waals surface area contributed by atoms with Gasteiger partial charge in [0.05, 0.1) is 18.1 Å². The highest BCUT2D eigenvalue weighted by Crippen LogP contribution is 2.20. The number of anilines is 1. The highest BCUT2D eigenvalue weighted by molar-refractivity contribution is 5.91. The summed E-state index contributed by atoms with van der Waals surface area (Å²) in [6.45, 7) is 0.417. The number of carbonyl (C=O) groups excluding carboxylic acids is 1. The molecule has 0 aliphatic carbocycles. The molecule has 0 radical (unpaired) electrons. The van der Waals surface area contributed by atoms with E-state index in [0.717, 1.165) is 12.1 Å². The lowest BCUT2D eigenvalue weighted by Crippen LogP contribution is -2.19.